The molecule has 2 rings (SSSR count). The molecule has 14 heteroatoms. The Labute approximate surface area is 202 Å². The van der Waals surface area contributed by atoms with Crippen LogP contribution in [0.3, 0.4) is 0 Å². The van der Waals surface area contributed by atoms with Crippen LogP contribution in [0.1, 0.15) is 27.7 Å². The Kier molecular flexibility index (Phi) is 9.59. The van der Waals surface area contributed by atoms with E-state index in [0.717, 1.165) is 20.8 Å². The number of benzene rings is 1. The molecule has 34 heavy (non-hydrogen) atoms. The average Bonchev–Trinajstić information content (AvgIpc) is 2.69. The molecule has 0 aromatic heterocycles. The molecule has 1 saturated heterocycles. The molecule has 0 radical (unpaired) electrons. The van der Waals surface area contributed by atoms with Crippen molar-refractivity contribution >= 4 is 53.3 Å². The Morgan fingerprint density at radius 2 is 1.35 bits per heavy atom. The van der Waals surface area contributed by atoms with Crippen molar-refractivity contribution in [1.29, 1.82) is 0 Å². The van der Waals surface area contributed by atoms with E-state index >= 15 is 0 Å². The molecule has 1 aliphatic rings. The van der Waals surface area contributed by atoms with Gasteiger partial charge in [0.15, 0.2) is 0 Å². The first kappa shape index (κ1) is 27.7. The van der Waals surface area contributed by atoms with Gasteiger partial charge in [-0.1, -0.05) is 0 Å². The first-order valence-electron chi connectivity index (χ1n) is 9.88. The zero-order valence-electron chi connectivity index (χ0n) is 18.8. The number of carbonyl (C=O) groups is 4. The zero-order chi connectivity index (χ0) is 25.6. The normalized spacial score (nSPS) is 24.6. The average molecular weight is 566 g/mol. The van der Waals surface area contributed by atoms with E-state index < -0.39 is 78.3 Å². The van der Waals surface area contributed by atoms with Crippen molar-refractivity contribution in [3.05, 3.63) is 24.3 Å². The SMILES string of the molecule is CC(=O)OC[C@H]1O[C@@H]([Se]c2ccc(S(N)(=O)=O)cc2)[C@H](OC(C)=O)[C@@H](OC(C)=O)[C@H]1OC(C)=O. The van der Waals surface area contributed by atoms with Gasteiger partial charge in [-0.15, -0.1) is 0 Å². The summed E-state index contributed by atoms with van der Waals surface area (Å²) in [6, 6.07) is 5.68. The number of carbonyl (C=O) groups excluding carboxylic acids is 4. The monoisotopic (exact) mass is 567 g/mol. The van der Waals surface area contributed by atoms with Crippen LogP contribution < -0.4 is 9.60 Å². The number of rotatable bonds is 8. The van der Waals surface area contributed by atoms with Crippen molar-refractivity contribution in [2.75, 3.05) is 6.61 Å². The summed E-state index contributed by atoms with van der Waals surface area (Å²) in [5, 5.41) is 4.25. The topological polar surface area (TPSA) is 175 Å². The molecular formula is C20H25NO11SSe. The van der Waals surface area contributed by atoms with E-state index in [1.54, 1.807) is 0 Å². The quantitative estimate of drug-likeness (QED) is 0.226. The van der Waals surface area contributed by atoms with Gasteiger partial charge in [-0.3, -0.25) is 0 Å². The van der Waals surface area contributed by atoms with Crippen molar-refractivity contribution in [3.63, 3.8) is 0 Å². The van der Waals surface area contributed by atoms with Gasteiger partial charge in [0, 0.05) is 0 Å². The molecule has 0 aliphatic carbocycles. The maximum absolute atomic E-state index is 11.9. The molecule has 0 bridgehead atoms. The van der Waals surface area contributed by atoms with Crippen molar-refractivity contribution < 1.29 is 51.3 Å². The van der Waals surface area contributed by atoms with Crippen molar-refractivity contribution in [3.8, 4) is 0 Å². The van der Waals surface area contributed by atoms with Gasteiger partial charge in [0.05, 0.1) is 0 Å². The summed E-state index contributed by atoms with van der Waals surface area (Å²) in [4.78, 5) is 46.7. The Morgan fingerprint density at radius 3 is 1.82 bits per heavy atom. The van der Waals surface area contributed by atoms with Gasteiger partial charge in [0.1, 0.15) is 0 Å². The van der Waals surface area contributed by atoms with E-state index in [-0.39, 0.29) is 11.5 Å². The number of hydrogen-bond acceptors (Lipinski definition) is 11. The van der Waals surface area contributed by atoms with E-state index in [9.17, 15) is 27.6 Å². The number of hydrogen-bond donors (Lipinski definition) is 1. The third kappa shape index (κ3) is 8.06. The van der Waals surface area contributed by atoms with Gasteiger partial charge in [-0.05, 0) is 0 Å². The van der Waals surface area contributed by atoms with E-state index in [1.807, 2.05) is 0 Å². The number of sulfonamides is 1. The van der Waals surface area contributed by atoms with Crippen LogP contribution in [0.2, 0.25) is 0 Å². The first-order valence-corrected chi connectivity index (χ1v) is 13.3. The third-order valence-corrected chi connectivity index (χ3v) is 7.71. The molecule has 1 heterocycles. The molecule has 188 valence electrons. The third-order valence-electron chi connectivity index (χ3n) is 4.35. The van der Waals surface area contributed by atoms with Crippen LogP contribution in [0, 0.1) is 0 Å². The number of esters is 4. The minimum atomic E-state index is -3.89. The molecular weight excluding hydrogens is 541 g/mol. The Balaban J connectivity index is 2.45. The van der Waals surface area contributed by atoms with E-state index in [1.165, 1.54) is 31.2 Å². The van der Waals surface area contributed by atoms with E-state index in [0.29, 0.717) is 4.46 Å². The Morgan fingerprint density at radius 1 is 0.853 bits per heavy atom. The van der Waals surface area contributed by atoms with Crippen molar-refractivity contribution in [1.82, 2.24) is 0 Å². The van der Waals surface area contributed by atoms with Crippen molar-refractivity contribution in [2.45, 2.75) is 62.0 Å². The van der Waals surface area contributed by atoms with Gasteiger partial charge >= 0.3 is 203 Å². The van der Waals surface area contributed by atoms with Gasteiger partial charge in [0.25, 0.3) is 0 Å². The fourth-order valence-corrected chi connectivity index (χ4v) is 5.96. The zero-order valence-corrected chi connectivity index (χ0v) is 21.3. The summed E-state index contributed by atoms with van der Waals surface area (Å²) in [7, 11) is -3.89. The van der Waals surface area contributed by atoms with Crippen LogP contribution in [-0.4, -0.2) is 83.3 Å². The fraction of sp³-hybridized carbons (Fsp3) is 0.500. The summed E-state index contributed by atoms with van der Waals surface area (Å²) >= 11 is -0.634. The molecule has 1 aromatic carbocycles. The molecule has 0 unspecified atom stereocenters. The second-order valence-corrected chi connectivity index (χ2v) is 11.2. The number of nitrogens with two attached hydrogens (primary N) is 1. The van der Waals surface area contributed by atoms with E-state index in [2.05, 4.69) is 0 Å². The summed E-state index contributed by atoms with van der Waals surface area (Å²) in [6.07, 6.45) is -4.70. The van der Waals surface area contributed by atoms with Gasteiger partial charge in [0.2, 0.25) is 0 Å². The predicted octanol–water partition coefficient (Wildman–Crippen LogP) is -1.25. The van der Waals surface area contributed by atoms with Crippen LogP contribution in [0.15, 0.2) is 29.2 Å². The van der Waals surface area contributed by atoms with Crippen LogP contribution >= 0.6 is 0 Å². The van der Waals surface area contributed by atoms with Gasteiger partial charge in [-0.25, -0.2) is 0 Å². The molecule has 1 fully saturated rings. The molecule has 2 N–H and O–H groups in total. The van der Waals surface area contributed by atoms with E-state index in [4.69, 9.17) is 28.8 Å². The summed E-state index contributed by atoms with van der Waals surface area (Å²) < 4.78 is 50.9. The Bertz CT molecular complexity index is 1030. The molecule has 12 nitrogen and oxygen atoms in total. The number of primary sulfonamides is 1. The second-order valence-electron chi connectivity index (χ2n) is 7.20. The number of ether oxygens (including phenoxy) is 5. The molecule has 0 spiro atoms. The molecule has 1 aromatic rings. The summed E-state index contributed by atoms with van der Waals surface area (Å²) in [5.41, 5.74) is 0. The molecule has 1 aliphatic heterocycles. The van der Waals surface area contributed by atoms with Crippen molar-refractivity contribution in [2.24, 2.45) is 5.14 Å². The second kappa shape index (κ2) is 11.8. The molecule has 0 saturated carbocycles. The summed E-state index contributed by atoms with van der Waals surface area (Å²) in [6.45, 7) is 4.29. The van der Waals surface area contributed by atoms with Crippen LogP contribution in [0.5, 0.6) is 0 Å². The Hall–Kier alpha value is -2.51. The fourth-order valence-electron chi connectivity index (χ4n) is 3.13. The maximum atomic E-state index is 11.9. The molecule has 0 amide bonds. The van der Waals surface area contributed by atoms with Gasteiger partial charge < -0.3 is 0 Å². The minimum absolute atomic E-state index is 0.0893. The van der Waals surface area contributed by atoms with Gasteiger partial charge in [-0.2, -0.15) is 0 Å². The first-order chi connectivity index (χ1) is 15.8. The molecule has 5 atom stereocenters. The van der Waals surface area contributed by atoms with Crippen LogP contribution in [0.4, 0.5) is 0 Å². The van der Waals surface area contributed by atoms with Crippen LogP contribution in [-0.2, 0) is 52.9 Å². The van der Waals surface area contributed by atoms with Crippen LogP contribution in [0.25, 0.3) is 0 Å². The predicted molar refractivity (Wildman–Crippen MR) is 115 cm³/mol. The standard InChI is InChI=1S/C20H25NO11SSe/c1-10(22)28-9-16-17(29-11(2)23)18(30-12(3)24)19(31-13(4)25)20(32-16)34-15-7-5-14(6-8-15)33(21,26)27/h5-8,16-20H,9H2,1-4H3,(H2,21,26,27)/t16-,17+,18+,19-,20+/m1/s1. The summed E-state index contributed by atoms with van der Waals surface area (Å²) in [5.74, 6) is -2.76.